The molecule has 0 fully saturated rings. The molecule has 0 atom stereocenters. The number of para-hydroxylation sites is 1. The van der Waals surface area contributed by atoms with Gasteiger partial charge in [0.05, 0.1) is 0 Å². The predicted octanol–water partition coefficient (Wildman–Crippen LogP) is 3.07. The largest absolute Gasteiger partial charge is 0.396 e. The molecular formula is C20H22N2O2. The average molecular weight is 322 g/mol. The van der Waals surface area contributed by atoms with Gasteiger partial charge in [-0.15, -0.1) is 0 Å². The van der Waals surface area contributed by atoms with Crippen LogP contribution in [0.25, 0.3) is 10.9 Å². The number of fused-ring (bicyclic) bond motifs is 1. The van der Waals surface area contributed by atoms with Crippen molar-refractivity contribution in [2.24, 2.45) is 0 Å². The van der Waals surface area contributed by atoms with Gasteiger partial charge in [0.25, 0.3) is 5.91 Å². The van der Waals surface area contributed by atoms with Gasteiger partial charge in [-0.05, 0) is 42.5 Å². The molecule has 0 bridgehead atoms. The lowest BCUT2D eigenvalue weighted by Gasteiger charge is -2.09. The van der Waals surface area contributed by atoms with E-state index in [0.717, 1.165) is 17.5 Å². The molecule has 124 valence electrons. The van der Waals surface area contributed by atoms with Crippen LogP contribution in [0, 0.1) is 0 Å². The molecule has 1 amide bonds. The summed E-state index contributed by atoms with van der Waals surface area (Å²) >= 11 is 0. The smallest absolute Gasteiger partial charge is 0.251 e. The molecule has 4 nitrogen and oxygen atoms in total. The Bertz CT molecular complexity index is 823. The standard InChI is InChI=1S/C20H22N2O2/c23-13-5-7-15-6-1-2-9-18(15)20(24)21-12-11-16-14-22-19-10-4-3-8-17(16)19/h1-4,6,8-10,14,22-23H,5,7,11-13H2,(H,21,24). The van der Waals surface area contributed by atoms with Crippen LogP contribution in [-0.2, 0) is 12.8 Å². The first-order valence-electron chi connectivity index (χ1n) is 8.31. The molecule has 0 saturated heterocycles. The van der Waals surface area contributed by atoms with Crippen LogP contribution in [0.2, 0.25) is 0 Å². The van der Waals surface area contributed by atoms with Crippen LogP contribution < -0.4 is 5.32 Å². The molecular weight excluding hydrogens is 300 g/mol. The van der Waals surface area contributed by atoms with Crippen molar-refractivity contribution in [1.29, 1.82) is 0 Å². The van der Waals surface area contributed by atoms with Gasteiger partial charge < -0.3 is 15.4 Å². The van der Waals surface area contributed by atoms with Gasteiger partial charge in [0.15, 0.2) is 0 Å². The summed E-state index contributed by atoms with van der Waals surface area (Å²) in [5, 5.41) is 13.2. The summed E-state index contributed by atoms with van der Waals surface area (Å²) in [6.07, 6.45) is 4.17. The van der Waals surface area contributed by atoms with Crippen molar-refractivity contribution < 1.29 is 9.90 Å². The van der Waals surface area contributed by atoms with Gasteiger partial charge in [0.2, 0.25) is 0 Å². The number of H-pyrrole nitrogens is 1. The average Bonchev–Trinajstić information content (AvgIpc) is 3.03. The summed E-state index contributed by atoms with van der Waals surface area (Å²) in [6, 6.07) is 15.8. The Morgan fingerprint density at radius 3 is 2.67 bits per heavy atom. The zero-order chi connectivity index (χ0) is 16.8. The minimum absolute atomic E-state index is 0.0524. The van der Waals surface area contributed by atoms with Crippen LogP contribution >= 0.6 is 0 Å². The molecule has 3 aromatic rings. The summed E-state index contributed by atoms with van der Waals surface area (Å²) < 4.78 is 0. The van der Waals surface area contributed by atoms with Crippen LogP contribution in [0.15, 0.2) is 54.7 Å². The lowest BCUT2D eigenvalue weighted by molar-refractivity contribution is 0.0953. The number of hydrogen-bond acceptors (Lipinski definition) is 2. The number of aryl methyl sites for hydroxylation is 1. The molecule has 3 rings (SSSR count). The topological polar surface area (TPSA) is 65.1 Å². The van der Waals surface area contributed by atoms with Crippen molar-refractivity contribution in [2.75, 3.05) is 13.2 Å². The zero-order valence-electron chi connectivity index (χ0n) is 13.6. The number of aromatic nitrogens is 1. The number of benzene rings is 2. The fraction of sp³-hybridized carbons (Fsp3) is 0.250. The molecule has 1 heterocycles. The molecule has 24 heavy (non-hydrogen) atoms. The molecule has 0 radical (unpaired) electrons. The first-order valence-corrected chi connectivity index (χ1v) is 8.31. The molecule has 0 aliphatic carbocycles. The number of hydrogen-bond donors (Lipinski definition) is 3. The molecule has 0 spiro atoms. The van der Waals surface area contributed by atoms with E-state index in [1.165, 1.54) is 10.9 Å². The normalized spacial score (nSPS) is 10.9. The van der Waals surface area contributed by atoms with E-state index in [-0.39, 0.29) is 12.5 Å². The van der Waals surface area contributed by atoms with Gasteiger partial charge in [0, 0.05) is 35.8 Å². The number of aliphatic hydroxyl groups is 1. The highest BCUT2D eigenvalue weighted by Gasteiger charge is 2.10. The second-order valence-corrected chi connectivity index (χ2v) is 5.85. The van der Waals surface area contributed by atoms with Crippen molar-refractivity contribution >= 4 is 16.8 Å². The first-order chi connectivity index (χ1) is 11.8. The number of carbonyl (C=O) groups is 1. The van der Waals surface area contributed by atoms with Crippen molar-refractivity contribution in [1.82, 2.24) is 10.3 Å². The number of nitrogens with one attached hydrogen (secondary N) is 2. The highest BCUT2D eigenvalue weighted by Crippen LogP contribution is 2.18. The number of aliphatic hydroxyl groups excluding tert-OH is 1. The maximum Gasteiger partial charge on any atom is 0.251 e. The first kappa shape index (κ1) is 16.3. The van der Waals surface area contributed by atoms with Crippen LogP contribution in [0.4, 0.5) is 0 Å². The van der Waals surface area contributed by atoms with E-state index in [1.807, 2.05) is 42.6 Å². The van der Waals surface area contributed by atoms with Gasteiger partial charge in [0.1, 0.15) is 0 Å². The summed E-state index contributed by atoms with van der Waals surface area (Å²) in [7, 11) is 0. The zero-order valence-corrected chi connectivity index (χ0v) is 13.6. The Morgan fingerprint density at radius 1 is 1.00 bits per heavy atom. The van der Waals surface area contributed by atoms with Crippen molar-refractivity contribution in [2.45, 2.75) is 19.3 Å². The van der Waals surface area contributed by atoms with Gasteiger partial charge in [-0.2, -0.15) is 0 Å². The fourth-order valence-corrected chi connectivity index (χ4v) is 2.97. The molecule has 1 aromatic heterocycles. The Hall–Kier alpha value is -2.59. The van der Waals surface area contributed by atoms with E-state index < -0.39 is 0 Å². The molecule has 2 aromatic carbocycles. The van der Waals surface area contributed by atoms with Crippen LogP contribution in [0.1, 0.15) is 27.9 Å². The summed E-state index contributed by atoms with van der Waals surface area (Å²) in [5.74, 6) is -0.0524. The second-order valence-electron chi connectivity index (χ2n) is 5.85. The predicted molar refractivity (Wildman–Crippen MR) is 96.2 cm³/mol. The number of amides is 1. The SMILES string of the molecule is O=C(NCCc1c[nH]c2ccccc12)c1ccccc1CCCO. The number of carbonyl (C=O) groups excluding carboxylic acids is 1. The Balaban J connectivity index is 1.62. The maximum atomic E-state index is 12.4. The molecule has 4 heteroatoms. The van der Waals surface area contributed by atoms with Gasteiger partial charge in [-0.25, -0.2) is 0 Å². The maximum absolute atomic E-state index is 12.4. The van der Waals surface area contributed by atoms with E-state index >= 15 is 0 Å². The molecule has 0 unspecified atom stereocenters. The van der Waals surface area contributed by atoms with E-state index in [4.69, 9.17) is 5.11 Å². The van der Waals surface area contributed by atoms with Crippen LogP contribution in [-0.4, -0.2) is 29.1 Å². The minimum atomic E-state index is -0.0524. The van der Waals surface area contributed by atoms with E-state index in [2.05, 4.69) is 22.4 Å². The third-order valence-corrected chi connectivity index (χ3v) is 4.22. The molecule has 0 saturated carbocycles. The van der Waals surface area contributed by atoms with Crippen molar-refractivity contribution in [3.8, 4) is 0 Å². The highest BCUT2D eigenvalue weighted by molar-refractivity contribution is 5.95. The molecule has 0 aliphatic rings. The van der Waals surface area contributed by atoms with Crippen LogP contribution in [0.3, 0.4) is 0 Å². The van der Waals surface area contributed by atoms with Gasteiger partial charge in [-0.1, -0.05) is 36.4 Å². The van der Waals surface area contributed by atoms with Crippen LogP contribution in [0.5, 0.6) is 0 Å². The summed E-state index contributed by atoms with van der Waals surface area (Å²) in [5.41, 5.74) is 4.01. The minimum Gasteiger partial charge on any atom is -0.396 e. The number of rotatable bonds is 7. The van der Waals surface area contributed by atoms with E-state index in [9.17, 15) is 4.79 Å². The lowest BCUT2D eigenvalue weighted by atomic mass is 10.0. The quantitative estimate of drug-likeness (QED) is 0.626. The summed E-state index contributed by atoms with van der Waals surface area (Å²) in [6.45, 7) is 0.728. The van der Waals surface area contributed by atoms with Crippen molar-refractivity contribution in [3.05, 3.63) is 71.4 Å². The van der Waals surface area contributed by atoms with Gasteiger partial charge >= 0.3 is 0 Å². The third-order valence-electron chi connectivity index (χ3n) is 4.22. The Kier molecular flexibility index (Phi) is 5.29. The Morgan fingerprint density at radius 2 is 1.79 bits per heavy atom. The second kappa shape index (κ2) is 7.79. The fourth-order valence-electron chi connectivity index (χ4n) is 2.97. The lowest BCUT2D eigenvalue weighted by Crippen LogP contribution is -2.26. The summed E-state index contributed by atoms with van der Waals surface area (Å²) in [4.78, 5) is 15.7. The third kappa shape index (κ3) is 3.66. The van der Waals surface area contributed by atoms with Crippen molar-refractivity contribution in [3.63, 3.8) is 0 Å². The number of aromatic amines is 1. The van der Waals surface area contributed by atoms with Gasteiger partial charge in [-0.3, -0.25) is 4.79 Å². The Labute approximate surface area is 141 Å². The molecule has 3 N–H and O–H groups in total. The highest BCUT2D eigenvalue weighted by atomic mass is 16.2. The van der Waals surface area contributed by atoms with E-state index in [1.54, 1.807) is 0 Å². The molecule has 0 aliphatic heterocycles. The van der Waals surface area contributed by atoms with E-state index in [0.29, 0.717) is 24.9 Å². The monoisotopic (exact) mass is 322 g/mol.